The summed E-state index contributed by atoms with van der Waals surface area (Å²) in [4.78, 5) is 23.8. The van der Waals surface area contributed by atoms with Gasteiger partial charge in [-0.15, -0.1) is 0 Å². The van der Waals surface area contributed by atoms with Crippen molar-refractivity contribution in [1.82, 2.24) is 0 Å². The van der Waals surface area contributed by atoms with Crippen molar-refractivity contribution in [2.75, 3.05) is 29.9 Å². The molecule has 0 spiro atoms. The molecule has 9 nitrogen and oxygen atoms in total. The highest BCUT2D eigenvalue weighted by molar-refractivity contribution is 7.92. The first-order chi connectivity index (χ1) is 16.3. The van der Waals surface area contributed by atoms with Crippen molar-refractivity contribution in [3.63, 3.8) is 0 Å². The molecule has 3 aromatic rings. The summed E-state index contributed by atoms with van der Waals surface area (Å²) in [5.74, 6) is -0.594. The maximum absolute atomic E-state index is 13.3. The molecule has 0 fully saturated rings. The van der Waals surface area contributed by atoms with Gasteiger partial charge in [0.05, 0.1) is 23.4 Å². The Morgan fingerprint density at radius 2 is 1.74 bits per heavy atom. The molecule has 0 unspecified atom stereocenters. The lowest BCUT2D eigenvalue weighted by molar-refractivity contribution is -0.118. The third-order valence-corrected chi connectivity index (χ3v) is 6.75. The lowest BCUT2D eigenvalue weighted by Crippen LogP contribution is -2.30. The lowest BCUT2D eigenvalue weighted by Gasteiger charge is -2.23. The summed E-state index contributed by atoms with van der Waals surface area (Å²) >= 11 is 0. The number of carbonyl (C=O) groups is 2. The first-order valence-corrected chi connectivity index (χ1v) is 11.8. The molecule has 0 radical (unpaired) electrons. The van der Waals surface area contributed by atoms with Crippen molar-refractivity contribution in [1.29, 1.82) is 0 Å². The minimum absolute atomic E-state index is 0.00983. The number of nitrogens with zero attached hydrogens (tertiary/aromatic N) is 1. The Kier molecular flexibility index (Phi) is 7.75. The van der Waals surface area contributed by atoms with Gasteiger partial charge in [0, 0.05) is 12.1 Å². The van der Waals surface area contributed by atoms with Crippen LogP contribution in [0.3, 0.4) is 0 Å². The zero-order valence-corrected chi connectivity index (χ0v) is 19.5. The molecule has 0 atom stereocenters. The van der Waals surface area contributed by atoms with E-state index in [9.17, 15) is 18.0 Å². The van der Waals surface area contributed by atoms with E-state index in [2.05, 4.69) is 5.32 Å². The number of benzene rings is 3. The topological polar surface area (TPSA) is 128 Å². The third-order valence-electron chi connectivity index (χ3n) is 4.85. The van der Waals surface area contributed by atoms with Gasteiger partial charge >= 0.3 is 0 Å². The molecule has 10 heteroatoms. The van der Waals surface area contributed by atoms with Crippen molar-refractivity contribution >= 4 is 33.2 Å². The van der Waals surface area contributed by atoms with Gasteiger partial charge in [-0.2, -0.15) is 0 Å². The summed E-state index contributed by atoms with van der Waals surface area (Å²) in [7, 11) is -2.49. The van der Waals surface area contributed by atoms with Crippen molar-refractivity contribution < 1.29 is 27.5 Å². The van der Waals surface area contributed by atoms with Gasteiger partial charge in [0.2, 0.25) is 5.91 Å². The Balaban J connectivity index is 1.80. The second-order valence-electron chi connectivity index (χ2n) is 7.10. The molecular formula is C24H25N3O6S. The molecular weight excluding hydrogens is 458 g/mol. The normalized spacial score (nSPS) is 10.9. The smallest absolute Gasteiger partial charge is 0.264 e. The van der Waals surface area contributed by atoms with Crippen LogP contribution in [0.25, 0.3) is 0 Å². The number of ether oxygens (including phenoxy) is 2. The van der Waals surface area contributed by atoms with Crippen molar-refractivity contribution in [3.05, 3.63) is 78.4 Å². The maximum atomic E-state index is 13.3. The summed E-state index contributed by atoms with van der Waals surface area (Å²) in [5.41, 5.74) is 6.20. The van der Waals surface area contributed by atoms with E-state index in [1.54, 1.807) is 49.4 Å². The van der Waals surface area contributed by atoms with E-state index in [1.807, 2.05) is 0 Å². The number of hydrogen-bond acceptors (Lipinski definition) is 6. The van der Waals surface area contributed by atoms with Crippen LogP contribution in [-0.4, -0.2) is 40.5 Å². The summed E-state index contributed by atoms with van der Waals surface area (Å²) in [6.07, 6.45) is 0. The van der Waals surface area contributed by atoms with Gasteiger partial charge in [0.25, 0.3) is 15.9 Å². The first kappa shape index (κ1) is 24.6. The SMILES string of the molecule is CCN(c1ccccc1)S(=O)(=O)c1ccc(OC)c(NC(=O)COc2cccc(C(N)=O)c2)c1. The Hall–Kier alpha value is -4.05. The van der Waals surface area contributed by atoms with E-state index >= 15 is 0 Å². The fourth-order valence-corrected chi connectivity index (χ4v) is 4.73. The summed E-state index contributed by atoms with van der Waals surface area (Å²) < 4.78 is 38.6. The van der Waals surface area contributed by atoms with Gasteiger partial charge in [0.15, 0.2) is 6.61 Å². The number of rotatable bonds is 10. The van der Waals surface area contributed by atoms with Crippen LogP contribution in [0.15, 0.2) is 77.7 Å². The number of nitrogens with two attached hydrogens (primary N) is 1. The van der Waals surface area contributed by atoms with Crippen LogP contribution in [0.5, 0.6) is 11.5 Å². The quantitative estimate of drug-likeness (QED) is 0.456. The Morgan fingerprint density at radius 3 is 2.38 bits per heavy atom. The zero-order valence-electron chi connectivity index (χ0n) is 18.7. The van der Waals surface area contributed by atoms with Crippen molar-refractivity contribution in [2.24, 2.45) is 5.73 Å². The first-order valence-electron chi connectivity index (χ1n) is 10.3. The van der Waals surface area contributed by atoms with Gasteiger partial charge < -0.3 is 20.5 Å². The van der Waals surface area contributed by atoms with E-state index in [-0.39, 0.29) is 40.8 Å². The van der Waals surface area contributed by atoms with Crippen LogP contribution in [0, 0.1) is 0 Å². The van der Waals surface area contributed by atoms with Gasteiger partial charge in [-0.3, -0.25) is 13.9 Å². The Morgan fingerprint density at radius 1 is 1.00 bits per heavy atom. The van der Waals surface area contributed by atoms with Gasteiger partial charge in [-0.25, -0.2) is 8.42 Å². The van der Waals surface area contributed by atoms with Crippen LogP contribution in [0.4, 0.5) is 11.4 Å². The summed E-state index contributed by atoms with van der Waals surface area (Å²) in [5, 5.41) is 2.61. The molecule has 34 heavy (non-hydrogen) atoms. The largest absolute Gasteiger partial charge is 0.495 e. The third kappa shape index (κ3) is 5.65. The summed E-state index contributed by atoms with van der Waals surface area (Å²) in [6, 6.07) is 19.1. The van der Waals surface area contributed by atoms with Crippen LogP contribution in [0.1, 0.15) is 17.3 Å². The fourth-order valence-electron chi connectivity index (χ4n) is 3.23. The average Bonchev–Trinajstić information content (AvgIpc) is 2.84. The number of methoxy groups -OCH3 is 1. The highest BCUT2D eigenvalue weighted by Crippen LogP contribution is 2.30. The van der Waals surface area contributed by atoms with Crippen LogP contribution < -0.4 is 24.8 Å². The Bertz CT molecular complexity index is 1280. The monoisotopic (exact) mass is 483 g/mol. The number of primary amides is 1. The molecule has 3 rings (SSSR count). The number of carbonyl (C=O) groups excluding carboxylic acids is 2. The van der Waals surface area contributed by atoms with Crippen LogP contribution in [0.2, 0.25) is 0 Å². The number of para-hydroxylation sites is 1. The molecule has 0 aliphatic heterocycles. The van der Waals surface area contributed by atoms with Crippen molar-refractivity contribution in [2.45, 2.75) is 11.8 Å². The highest BCUT2D eigenvalue weighted by atomic mass is 32.2. The molecule has 0 aromatic heterocycles. The van der Waals surface area contributed by atoms with E-state index < -0.39 is 21.8 Å². The Labute approximate surface area is 198 Å². The number of nitrogens with one attached hydrogen (secondary N) is 1. The van der Waals surface area contributed by atoms with E-state index in [1.165, 1.54) is 41.7 Å². The number of sulfonamides is 1. The molecule has 0 bridgehead atoms. The van der Waals surface area contributed by atoms with E-state index in [4.69, 9.17) is 15.2 Å². The fraction of sp³-hybridized carbons (Fsp3) is 0.167. The molecule has 178 valence electrons. The molecule has 0 heterocycles. The molecule has 3 aromatic carbocycles. The average molecular weight is 484 g/mol. The zero-order chi connectivity index (χ0) is 24.7. The second kappa shape index (κ2) is 10.7. The number of hydrogen-bond donors (Lipinski definition) is 2. The number of amides is 2. The van der Waals surface area contributed by atoms with Gasteiger partial charge in [-0.1, -0.05) is 24.3 Å². The van der Waals surface area contributed by atoms with Crippen LogP contribution in [-0.2, 0) is 14.8 Å². The molecule has 0 aliphatic rings. The second-order valence-corrected chi connectivity index (χ2v) is 8.96. The lowest BCUT2D eigenvalue weighted by atomic mass is 10.2. The van der Waals surface area contributed by atoms with Gasteiger partial charge in [0.1, 0.15) is 11.5 Å². The van der Waals surface area contributed by atoms with Crippen molar-refractivity contribution in [3.8, 4) is 11.5 Å². The minimum Gasteiger partial charge on any atom is -0.495 e. The van der Waals surface area contributed by atoms with E-state index in [0.717, 1.165) is 0 Å². The molecule has 2 amide bonds. The molecule has 3 N–H and O–H groups in total. The predicted molar refractivity (Wildman–Crippen MR) is 129 cm³/mol. The number of anilines is 2. The maximum Gasteiger partial charge on any atom is 0.264 e. The standard InChI is InChI=1S/C24H25N3O6S/c1-3-27(18-9-5-4-6-10-18)34(30,31)20-12-13-22(32-2)21(15-20)26-23(28)16-33-19-11-7-8-17(14-19)24(25)29/h4-15H,3,16H2,1-2H3,(H2,25,29)(H,26,28). The predicted octanol–water partition coefficient (Wildman–Crippen LogP) is 3.03. The molecule has 0 saturated carbocycles. The van der Waals surface area contributed by atoms with Crippen LogP contribution >= 0.6 is 0 Å². The summed E-state index contributed by atoms with van der Waals surface area (Å²) in [6.45, 7) is 1.58. The molecule has 0 aliphatic carbocycles. The van der Waals surface area contributed by atoms with E-state index in [0.29, 0.717) is 5.69 Å². The molecule has 0 saturated heterocycles. The minimum atomic E-state index is -3.90. The van der Waals surface area contributed by atoms with Gasteiger partial charge in [-0.05, 0) is 55.5 Å². The highest BCUT2D eigenvalue weighted by Gasteiger charge is 2.25.